The Morgan fingerprint density at radius 1 is 1.18 bits per heavy atom. The Kier molecular flexibility index (Phi) is 6.43. The smallest absolute Gasteiger partial charge is 0.142 e. The zero-order chi connectivity index (χ0) is 12.5. The van der Waals surface area contributed by atoms with Crippen molar-refractivity contribution in [2.24, 2.45) is 0 Å². The topological polar surface area (TPSA) is 47.7 Å². The summed E-state index contributed by atoms with van der Waals surface area (Å²) < 4.78 is 10.6. The lowest BCUT2D eigenvalue weighted by Crippen LogP contribution is -2.26. The van der Waals surface area contributed by atoms with E-state index in [1.807, 2.05) is 24.3 Å². The predicted octanol–water partition coefficient (Wildman–Crippen LogP) is 1.62. The van der Waals surface area contributed by atoms with Crippen LogP contribution in [0.5, 0.6) is 5.75 Å². The summed E-state index contributed by atoms with van der Waals surface area (Å²) in [5.41, 5.74) is 6.47. The summed E-state index contributed by atoms with van der Waals surface area (Å²) in [7, 11) is 3.80. The second-order valence-electron chi connectivity index (χ2n) is 4.04. The highest BCUT2D eigenvalue weighted by Gasteiger charge is 2.01. The van der Waals surface area contributed by atoms with Gasteiger partial charge in [0.25, 0.3) is 0 Å². The molecule has 2 N–H and O–H groups in total. The van der Waals surface area contributed by atoms with Gasteiger partial charge in [-0.25, -0.2) is 0 Å². The highest BCUT2D eigenvalue weighted by molar-refractivity contribution is 5.51. The Morgan fingerprint density at radius 2 is 1.94 bits per heavy atom. The Morgan fingerprint density at radius 3 is 2.65 bits per heavy atom. The zero-order valence-electron chi connectivity index (χ0n) is 10.7. The van der Waals surface area contributed by atoms with Crippen molar-refractivity contribution in [2.45, 2.75) is 6.42 Å². The minimum absolute atomic E-state index is 0.650. The van der Waals surface area contributed by atoms with Gasteiger partial charge in [-0.15, -0.1) is 0 Å². The third kappa shape index (κ3) is 5.56. The average molecular weight is 238 g/mol. The normalized spacial score (nSPS) is 10.8. The second kappa shape index (κ2) is 7.92. The van der Waals surface area contributed by atoms with Gasteiger partial charge in [-0.3, -0.25) is 0 Å². The maximum absolute atomic E-state index is 5.78. The molecule has 0 aliphatic rings. The molecule has 0 spiro atoms. The van der Waals surface area contributed by atoms with E-state index in [0.29, 0.717) is 12.3 Å². The molecule has 0 saturated carbocycles. The van der Waals surface area contributed by atoms with E-state index < -0.39 is 0 Å². The number of hydrogen-bond donors (Lipinski definition) is 1. The van der Waals surface area contributed by atoms with Crippen molar-refractivity contribution in [2.75, 3.05) is 46.2 Å². The molecule has 0 unspecified atom stereocenters. The Bertz CT molecular complexity index is 318. The van der Waals surface area contributed by atoms with Crippen molar-refractivity contribution >= 4 is 5.69 Å². The van der Waals surface area contributed by atoms with Crippen LogP contribution in [0.2, 0.25) is 0 Å². The molecule has 0 bridgehead atoms. The first-order chi connectivity index (χ1) is 8.24. The van der Waals surface area contributed by atoms with Crippen molar-refractivity contribution in [3.8, 4) is 5.75 Å². The van der Waals surface area contributed by atoms with Crippen LogP contribution in [0.1, 0.15) is 6.42 Å². The van der Waals surface area contributed by atoms with E-state index >= 15 is 0 Å². The third-order valence-corrected chi connectivity index (χ3v) is 2.54. The molecular formula is C13H22N2O2. The molecule has 0 heterocycles. The number of benzene rings is 1. The first-order valence-electron chi connectivity index (χ1n) is 5.89. The number of ether oxygens (including phenoxy) is 2. The second-order valence-corrected chi connectivity index (χ2v) is 4.04. The number of anilines is 1. The summed E-state index contributed by atoms with van der Waals surface area (Å²) in [6, 6.07) is 7.56. The van der Waals surface area contributed by atoms with Gasteiger partial charge in [0.1, 0.15) is 12.4 Å². The van der Waals surface area contributed by atoms with Gasteiger partial charge in [0.15, 0.2) is 0 Å². The van der Waals surface area contributed by atoms with E-state index in [9.17, 15) is 0 Å². The zero-order valence-corrected chi connectivity index (χ0v) is 10.7. The fourth-order valence-electron chi connectivity index (χ4n) is 1.51. The van der Waals surface area contributed by atoms with Gasteiger partial charge >= 0.3 is 0 Å². The van der Waals surface area contributed by atoms with Crippen LogP contribution in [0.15, 0.2) is 24.3 Å². The summed E-state index contributed by atoms with van der Waals surface area (Å²) in [4.78, 5) is 2.22. The van der Waals surface area contributed by atoms with Crippen LogP contribution in [-0.2, 0) is 4.74 Å². The first kappa shape index (κ1) is 13.8. The number of nitrogens with two attached hydrogens (primary N) is 1. The van der Waals surface area contributed by atoms with E-state index in [4.69, 9.17) is 15.2 Å². The van der Waals surface area contributed by atoms with Crippen LogP contribution in [-0.4, -0.2) is 45.4 Å². The molecule has 0 saturated heterocycles. The van der Waals surface area contributed by atoms with E-state index in [2.05, 4.69) is 11.9 Å². The Balaban J connectivity index is 2.17. The number of likely N-dealkylation sites (N-methyl/N-ethyl adjacent to an activating group) is 1. The minimum Gasteiger partial charge on any atom is -0.490 e. The molecule has 1 rings (SSSR count). The molecule has 0 amide bonds. The van der Waals surface area contributed by atoms with Crippen molar-refractivity contribution in [1.29, 1.82) is 0 Å². The van der Waals surface area contributed by atoms with Crippen LogP contribution < -0.4 is 10.5 Å². The number of para-hydroxylation sites is 2. The molecule has 0 fully saturated rings. The monoisotopic (exact) mass is 238 g/mol. The van der Waals surface area contributed by atoms with Gasteiger partial charge in [0.05, 0.1) is 5.69 Å². The molecule has 4 heteroatoms. The molecule has 17 heavy (non-hydrogen) atoms. The Labute approximate surface area is 103 Å². The largest absolute Gasteiger partial charge is 0.490 e. The highest BCUT2D eigenvalue weighted by Crippen LogP contribution is 2.19. The lowest BCUT2D eigenvalue weighted by Gasteiger charge is -2.17. The van der Waals surface area contributed by atoms with Crippen molar-refractivity contribution in [3.05, 3.63) is 24.3 Å². The molecule has 1 aromatic carbocycles. The van der Waals surface area contributed by atoms with Crippen LogP contribution in [0.3, 0.4) is 0 Å². The van der Waals surface area contributed by atoms with E-state index in [1.165, 1.54) is 0 Å². The molecule has 1 aromatic rings. The molecule has 96 valence electrons. The third-order valence-electron chi connectivity index (χ3n) is 2.54. The van der Waals surface area contributed by atoms with E-state index in [0.717, 1.165) is 31.9 Å². The van der Waals surface area contributed by atoms with E-state index in [1.54, 1.807) is 7.11 Å². The average Bonchev–Trinajstić information content (AvgIpc) is 2.32. The van der Waals surface area contributed by atoms with Crippen molar-refractivity contribution in [1.82, 2.24) is 4.90 Å². The number of nitrogens with zero attached hydrogens (tertiary/aromatic N) is 1. The van der Waals surface area contributed by atoms with Gasteiger partial charge in [-0.05, 0) is 25.6 Å². The minimum atomic E-state index is 0.650. The molecule has 0 aliphatic heterocycles. The van der Waals surface area contributed by atoms with Gasteiger partial charge in [0, 0.05) is 26.8 Å². The van der Waals surface area contributed by atoms with Crippen molar-refractivity contribution in [3.63, 3.8) is 0 Å². The number of hydrogen-bond acceptors (Lipinski definition) is 4. The highest BCUT2D eigenvalue weighted by atomic mass is 16.5. The summed E-state index contributed by atoms with van der Waals surface area (Å²) in [6.07, 6.45) is 1.04. The first-order valence-corrected chi connectivity index (χ1v) is 5.89. The number of nitrogen functional groups attached to an aromatic ring is 1. The summed E-state index contributed by atoms with van der Waals surface area (Å²) >= 11 is 0. The maximum Gasteiger partial charge on any atom is 0.142 e. The standard InChI is InChI=1S/C13H22N2O2/c1-15(8-5-10-16-2)9-11-17-13-7-4-3-6-12(13)14/h3-4,6-7H,5,8-11,14H2,1-2H3. The quantitative estimate of drug-likeness (QED) is 0.552. The molecule has 0 atom stereocenters. The molecule has 0 aliphatic carbocycles. The number of methoxy groups -OCH3 is 1. The lowest BCUT2D eigenvalue weighted by atomic mass is 10.3. The van der Waals surface area contributed by atoms with Crippen LogP contribution in [0.25, 0.3) is 0 Å². The fraction of sp³-hybridized carbons (Fsp3) is 0.538. The summed E-state index contributed by atoms with van der Waals surface area (Å²) in [5, 5.41) is 0. The lowest BCUT2D eigenvalue weighted by molar-refractivity contribution is 0.172. The molecule has 0 radical (unpaired) electrons. The van der Waals surface area contributed by atoms with Gasteiger partial charge < -0.3 is 20.1 Å². The maximum atomic E-state index is 5.78. The Hall–Kier alpha value is -1.26. The molecule has 0 aromatic heterocycles. The van der Waals surface area contributed by atoms with Crippen LogP contribution >= 0.6 is 0 Å². The number of rotatable bonds is 8. The molecule has 4 nitrogen and oxygen atoms in total. The molecular weight excluding hydrogens is 216 g/mol. The fourth-order valence-corrected chi connectivity index (χ4v) is 1.51. The van der Waals surface area contributed by atoms with Crippen LogP contribution in [0.4, 0.5) is 5.69 Å². The van der Waals surface area contributed by atoms with Crippen LogP contribution in [0, 0.1) is 0 Å². The van der Waals surface area contributed by atoms with E-state index in [-0.39, 0.29) is 0 Å². The van der Waals surface area contributed by atoms with Crippen molar-refractivity contribution < 1.29 is 9.47 Å². The summed E-state index contributed by atoms with van der Waals surface area (Å²) in [5.74, 6) is 0.762. The van der Waals surface area contributed by atoms with Gasteiger partial charge in [0.2, 0.25) is 0 Å². The van der Waals surface area contributed by atoms with Gasteiger partial charge in [-0.2, -0.15) is 0 Å². The van der Waals surface area contributed by atoms with Gasteiger partial charge in [-0.1, -0.05) is 12.1 Å². The SMILES string of the molecule is COCCCN(C)CCOc1ccccc1N. The predicted molar refractivity (Wildman–Crippen MR) is 70.3 cm³/mol. The summed E-state index contributed by atoms with van der Waals surface area (Å²) in [6.45, 7) is 3.36.